The van der Waals surface area contributed by atoms with Gasteiger partial charge in [0.1, 0.15) is 0 Å². The SMILES string of the molecule is CC(C)COc1c(O)cccc1C=CC(=O)O. The highest BCUT2D eigenvalue weighted by Gasteiger charge is 2.08. The molecule has 0 saturated heterocycles. The third-order valence-electron chi connectivity index (χ3n) is 1.99. The largest absolute Gasteiger partial charge is 0.504 e. The van der Waals surface area contributed by atoms with E-state index >= 15 is 0 Å². The smallest absolute Gasteiger partial charge is 0.328 e. The van der Waals surface area contributed by atoms with Gasteiger partial charge in [0.05, 0.1) is 6.61 Å². The summed E-state index contributed by atoms with van der Waals surface area (Å²) in [6.07, 6.45) is 2.41. The Morgan fingerprint density at radius 2 is 2.18 bits per heavy atom. The summed E-state index contributed by atoms with van der Waals surface area (Å²) >= 11 is 0. The first kappa shape index (κ1) is 13.1. The highest BCUT2D eigenvalue weighted by atomic mass is 16.5. The number of aromatic hydroxyl groups is 1. The summed E-state index contributed by atoms with van der Waals surface area (Å²) < 4.78 is 5.47. The van der Waals surface area contributed by atoms with E-state index in [1.807, 2.05) is 13.8 Å². The lowest BCUT2D eigenvalue weighted by atomic mass is 10.1. The first-order valence-corrected chi connectivity index (χ1v) is 5.36. The minimum atomic E-state index is -1.04. The summed E-state index contributed by atoms with van der Waals surface area (Å²) in [4.78, 5) is 10.4. The molecule has 92 valence electrons. The van der Waals surface area contributed by atoms with Gasteiger partial charge in [-0.25, -0.2) is 4.79 Å². The number of benzene rings is 1. The molecule has 0 radical (unpaired) electrons. The van der Waals surface area contributed by atoms with Crippen LogP contribution in [0.4, 0.5) is 0 Å². The van der Waals surface area contributed by atoms with Crippen LogP contribution >= 0.6 is 0 Å². The number of aliphatic carboxylic acids is 1. The van der Waals surface area contributed by atoms with Gasteiger partial charge in [-0.15, -0.1) is 0 Å². The molecule has 4 heteroatoms. The Balaban J connectivity index is 2.95. The molecule has 0 fully saturated rings. The molecule has 0 unspecified atom stereocenters. The van der Waals surface area contributed by atoms with E-state index in [4.69, 9.17) is 9.84 Å². The van der Waals surface area contributed by atoms with E-state index in [2.05, 4.69) is 0 Å². The molecule has 1 aromatic carbocycles. The molecule has 0 bridgehead atoms. The van der Waals surface area contributed by atoms with Crippen molar-refractivity contribution in [2.24, 2.45) is 5.92 Å². The summed E-state index contributed by atoms with van der Waals surface area (Å²) in [7, 11) is 0. The van der Waals surface area contributed by atoms with Crippen molar-refractivity contribution in [2.45, 2.75) is 13.8 Å². The Labute approximate surface area is 100 Å². The molecule has 4 nitrogen and oxygen atoms in total. The number of hydrogen-bond donors (Lipinski definition) is 2. The number of carbonyl (C=O) groups is 1. The number of carboxylic acids is 1. The number of ether oxygens (including phenoxy) is 1. The molecule has 17 heavy (non-hydrogen) atoms. The Morgan fingerprint density at radius 3 is 2.76 bits per heavy atom. The number of carboxylic acid groups (broad SMARTS) is 1. The van der Waals surface area contributed by atoms with Crippen molar-refractivity contribution in [2.75, 3.05) is 6.61 Å². The maximum absolute atomic E-state index is 10.4. The van der Waals surface area contributed by atoms with Crippen LogP contribution in [0.2, 0.25) is 0 Å². The molecule has 0 spiro atoms. The van der Waals surface area contributed by atoms with Gasteiger partial charge in [0, 0.05) is 11.6 Å². The second kappa shape index (κ2) is 5.94. The van der Waals surface area contributed by atoms with Crippen LogP contribution in [0.25, 0.3) is 6.08 Å². The minimum Gasteiger partial charge on any atom is -0.504 e. The van der Waals surface area contributed by atoms with Crippen molar-refractivity contribution in [3.63, 3.8) is 0 Å². The van der Waals surface area contributed by atoms with E-state index < -0.39 is 5.97 Å². The van der Waals surface area contributed by atoms with Gasteiger partial charge in [-0.2, -0.15) is 0 Å². The van der Waals surface area contributed by atoms with Crippen molar-refractivity contribution in [1.82, 2.24) is 0 Å². The second-order valence-electron chi connectivity index (χ2n) is 4.07. The van der Waals surface area contributed by atoms with Crippen molar-refractivity contribution < 1.29 is 19.7 Å². The molecule has 0 aliphatic carbocycles. The number of phenolic OH excluding ortho intramolecular Hbond substituents is 1. The van der Waals surface area contributed by atoms with E-state index in [9.17, 15) is 9.90 Å². The lowest BCUT2D eigenvalue weighted by molar-refractivity contribution is -0.131. The van der Waals surface area contributed by atoms with Crippen molar-refractivity contribution >= 4 is 12.0 Å². The van der Waals surface area contributed by atoms with Crippen LogP contribution in [0.15, 0.2) is 24.3 Å². The van der Waals surface area contributed by atoms with Crippen LogP contribution in [0.5, 0.6) is 11.5 Å². The summed E-state index contributed by atoms with van der Waals surface area (Å²) in [5.74, 6) is -0.383. The zero-order chi connectivity index (χ0) is 12.8. The number of phenols is 1. The molecule has 0 atom stereocenters. The minimum absolute atomic E-state index is 0.0122. The molecular weight excluding hydrogens is 220 g/mol. The number of rotatable bonds is 5. The van der Waals surface area contributed by atoms with Crippen LogP contribution in [0.1, 0.15) is 19.4 Å². The summed E-state index contributed by atoms with van der Waals surface area (Å²) in [6.45, 7) is 4.45. The summed E-state index contributed by atoms with van der Waals surface area (Å²) in [5.41, 5.74) is 0.549. The molecule has 0 aromatic heterocycles. The van der Waals surface area contributed by atoms with Crippen LogP contribution in [0, 0.1) is 5.92 Å². The van der Waals surface area contributed by atoms with E-state index in [1.54, 1.807) is 12.1 Å². The number of hydrogen-bond acceptors (Lipinski definition) is 3. The van der Waals surface area contributed by atoms with Crippen LogP contribution < -0.4 is 4.74 Å². The van der Waals surface area contributed by atoms with E-state index in [1.165, 1.54) is 12.1 Å². The molecule has 1 aromatic rings. The fraction of sp³-hybridized carbons (Fsp3) is 0.308. The Kier molecular flexibility index (Phi) is 4.57. The van der Waals surface area contributed by atoms with Gasteiger partial charge < -0.3 is 14.9 Å². The molecule has 0 aliphatic rings. The van der Waals surface area contributed by atoms with Gasteiger partial charge in [-0.05, 0) is 18.1 Å². The van der Waals surface area contributed by atoms with Crippen LogP contribution in [0.3, 0.4) is 0 Å². The zero-order valence-electron chi connectivity index (χ0n) is 9.88. The lowest BCUT2D eigenvalue weighted by Crippen LogP contribution is -2.05. The average Bonchev–Trinajstić information content (AvgIpc) is 2.24. The maximum Gasteiger partial charge on any atom is 0.328 e. The Bertz CT molecular complexity index is 421. The molecule has 0 aliphatic heterocycles. The Morgan fingerprint density at radius 1 is 1.47 bits per heavy atom. The first-order chi connectivity index (χ1) is 8.00. The quantitative estimate of drug-likeness (QED) is 0.771. The van der Waals surface area contributed by atoms with Gasteiger partial charge in [-0.3, -0.25) is 0 Å². The van der Waals surface area contributed by atoms with E-state index in [-0.39, 0.29) is 5.75 Å². The van der Waals surface area contributed by atoms with E-state index in [0.29, 0.717) is 23.8 Å². The molecule has 0 saturated carbocycles. The number of para-hydroxylation sites is 1. The molecular formula is C13H16O4. The highest BCUT2D eigenvalue weighted by molar-refractivity contribution is 5.86. The van der Waals surface area contributed by atoms with Crippen molar-refractivity contribution in [1.29, 1.82) is 0 Å². The second-order valence-corrected chi connectivity index (χ2v) is 4.07. The van der Waals surface area contributed by atoms with E-state index in [0.717, 1.165) is 6.08 Å². The summed E-state index contributed by atoms with van der Waals surface area (Å²) in [6, 6.07) is 4.83. The van der Waals surface area contributed by atoms with Crippen LogP contribution in [-0.2, 0) is 4.79 Å². The molecule has 1 rings (SSSR count). The first-order valence-electron chi connectivity index (χ1n) is 5.36. The van der Waals surface area contributed by atoms with Gasteiger partial charge in [0.25, 0.3) is 0 Å². The summed E-state index contributed by atoms with van der Waals surface area (Å²) in [5, 5.41) is 18.2. The monoisotopic (exact) mass is 236 g/mol. The van der Waals surface area contributed by atoms with Gasteiger partial charge in [0.2, 0.25) is 0 Å². The standard InChI is InChI=1S/C13H16O4/c1-9(2)8-17-13-10(6-7-12(15)16)4-3-5-11(13)14/h3-7,9,14H,8H2,1-2H3,(H,15,16). The highest BCUT2D eigenvalue weighted by Crippen LogP contribution is 2.31. The molecule has 0 amide bonds. The van der Waals surface area contributed by atoms with Gasteiger partial charge >= 0.3 is 5.97 Å². The predicted octanol–water partition coefficient (Wildman–Crippen LogP) is 2.52. The Hall–Kier alpha value is -1.97. The van der Waals surface area contributed by atoms with Gasteiger partial charge in [-0.1, -0.05) is 26.0 Å². The fourth-order valence-corrected chi connectivity index (χ4v) is 1.24. The lowest BCUT2D eigenvalue weighted by Gasteiger charge is -2.12. The van der Waals surface area contributed by atoms with Crippen LogP contribution in [-0.4, -0.2) is 22.8 Å². The predicted molar refractivity (Wildman–Crippen MR) is 65.1 cm³/mol. The van der Waals surface area contributed by atoms with Crippen molar-refractivity contribution in [3.05, 3.63) is 29.8 Å². The molecule has 0 heterocycles. The topological polar surface area (TPSA) is 66.8 Å². The third-order valence-corrected chi connectivity index (χ3v) is 1.99. The average molecular weight is 236 g/mol. The fourth-order valence-electron chi connectivity index (χ4n) is 1.24. The maximum atomic E-state index is 10.4. The third kappa shape index (κ3) is 4.18. The zero-order valence-corrected chi connectivity index (χ0v) is 9.88. The van der Waals surface area contributed by atoms with Crippen molar-refractivity contribution in [3.8, 4) is 11.5 Å². The molecule has 2 N–H and O–H groups in total. The van der Waals surface area contributed by atoms with Gasteiger partial charge in [0.15, 0.2) is 11.5 Å². The normalized spacial score (nSPS) is 11.0.